The molecular formula is C16H25IN2O3. The second-order valence-corrected chi connectivity index (χ2v) is 5.50. The lowest BCUT2D eigenvalue weighted by Crippen LogP contribution is -3.00. The van der Waals surface area contributed by atoms with E-state index in [4.69, 9.17) is 10.5 Å². The van der Waals surface area contributed by atoms with Crippen LogP contribution in [0.5, 0.6) is 0 Å². The van der Waals surface area contributed by atoms with Gasteiger partial charge in [0.1, 0.15) is 5.56 Å². The Labute approximate surface area is 149 Å². The number of rotatable bonds is 8. The van der Waals surface area contributed by atoms with Crippen LogP contribution in [0.3, 0.4) is 0 Å². The Balaban J connectivity index is 0.00000441. The maximum atomic E-state index is 12.0. The molecule has 1 aromatic rings. The molecule has 0 aromatic carbocycles. The van der Waals surface area contributed by atoms with E-state index < -0.39 is 5.91 Å². The number of halogens is 1. The van der Waals surface area contributed by atoms with Crippen LogP contribution in [-0.4, -0.2) is 18.5 Å². The number of primary amides is 1. The minimum Gasteiger partial charge on any atom is -1.00 e. The Morgan fingerprint density at radius 1 is 1.36 bits per heavy atom. The molecule has 0 spiro atoms. The van der Waals surface area contributed by atoms with Crippen molar-refractivity contribution in [3.05, 3.63) is 30.1 Å². The van der Waals surface area contributed by atoms with Crippen LogP contribution in [0.2, 0.25) is 0 Å². The van der Waals surface area contributed by atoms with Crippen molar-refractivity contribution in [3.63, 3.8) is 0 Å². The molecule has 0 aliphatic rings. The Hall–Kier alpha value is -1.18. The van der Waals surface area contributed by atoms with Gasteiger partial charge >= 0.3 is 5.97 Å². The summed E-state index contributed by atoms with van der Waals surface area (Å²) in [6.45, 7) is 6.93. The molecule has 0 aliphatic heterocycles. The molecule has 1 rings (SSSR count). The first-order valence-corrected chi connectivity index (χ1v) is 7.41. The molecule has 0 fully saturated rings. The highest BCUT2D eigenvalue weighted by Gasteiger charge is 2.22. The van der Waals surface area contributed by atoms with Crippen molar-refractivity contribution >= 4 is 11.9 Å². The molecule has 1 atom stereocenters. The minimum atomic E-state index is -0.468. The highest BCUT2D eigenvalue weighted by atomic mass is 127. The Kier molecular flexibility index (Phi) is 9.97. The van der Waals surface area contributed by atoms with E-state index in [0.717, 1.165) is 12.8 Å². The van der Waals surface area contributed by atoms with Crippen LogP contribution in [-0.2, 0) is 16.1 Å². The lowest BCUT2D eigenvalue weighted by Gasteiger charge is -2.18. The average Bonchev–Trinajstić information content (AvgIpc) is 2.44. The molecule has 0 radical (unpaired) electrons. The third-order valence-electron chi connectivity index (χ3n) is 3.44. The molecule has 2 N–H and O–H groups in total. The van der Waals surface area contributed by atoms with Crippen molar-refractivity contribution in [1.82, 2.24) is 0 Å². The smallest absolute Gasteiger partial charge is 0.309 e. The third kappa shape index (κ3) is 6.72. The molecule has 0 bridgehead atoms. The monoisotopic (exact) mass is 420 g/mol. The molecule has 124 valence electrons. The van der Waals surface area contributed by atoms with Crippen molar-refractivity contribution in [2.75, 3.05) is 6.61 Å². The van der Waals surface area contributed by atoms with Gasteiger partial charge in [-0.25, -0.2) is 4.57 Å². The minimum absolute atomic E-state index is 0. The van der Waals surface area contributed by atoms with Gasteiger partial charge in [-0.1, -0.05) is 27.2 Å². The van der Waals surface area contributed by atoms with Gasteiger partial charge in [-0.2, -0.15) is 0 Å². The van der Waals surface area contributed by atoms with Crippen molar-refractivity contribution in [3.8, 4) is 0 Å². The van der Waals surface area contributed by atoms with Crippen molar-refractivity contribution in [2.24, 2.45) is 17.6 Å². The number of nitrogens with zero attached hydrogens (tertiary/aromatic N) is 1. The van der Waals surface area contributed by atoms with Gasteiger partial charge in [0.05, 0.1) is 5.92 Å². The first-order chi connectivity index (χ1) is 9.95. The quantitative estimate of drug-likeness (QED) is 0.323. The van der Waals surface area contributed by atoms with Crippen molar-refractivity contribution < 1.29 is 42.9 Å². The normalized spacial score (nSPS) is 11.6. The van der Waals surface area contributed by atoms with E-state index >= 15 is 0 Å². The highest BCUT2D eigenvalue weighted by molar-refractivity contribution is 5.92. The fourth-order valence-electron chi connectivity index (χ4n) is 2.20. The largest absolute Gasteiger partial charge is 1.00 e. The number of aromatic nitrogens is 1. The maximum Gasteiger partial charge on any atom is 0.309 e. The summed E-state index contributed by atoms with van der Waals surface area (Å²) in [4.78, 5) is 23.1. The number of carbonyl (C=O) groups excluding carboxylic acids is 2. The highest BCUT2D eigenvalue weighted by Crippen LogP contribution is 2.18. The SMILES string of the molecule is CCCC(C(=O)OCC[n+]1cccc(C(N)=O)c1)C(C)C.[I-]. The summed E-state index contributed by atoms with van der Waals surface area (Å²) >= 11 is 0. The molecule has 0 saturated heterocycles. The summed E-state index contributed by atoms with van der Waals surface area (Å²) < 4.78 is 7.14. The van der Waals surface area contributed by atoms with E-state index in [-0.39, 0.29) is 41.8 Å². The van der Waals surface area contributed by atoms with Gasteiger partial charge in [0.2, 0.25) is 0 Å². The van der Waals surface area contributed by atoms with Crippen LogP contribution in [0.4, 0.5) is 0 Å². The molecular weight excluding hydrogens is 395 g/mol. The predicted molar refractivity (Wildman–Crippen MR) is 79.3 cm³/mol. The molecule has 1 heterocycles. The van der Waals surface area contributed by atoms with Crippen LogP contribution < -0.4 is 34.3 Å². The van der Waals surface area contributed by atoms with Crippen LogP contribution in [0, 0.1) is 11.8 Å². The number of nitrogens with two attached hydrogens (primary N) is 1. The lowest BCUT2D eigenvalue weighted by atomic mass is 9.92. The molecule has 1 aromatic heterocycles. The summed E-state index contributed by atoms with van der Waals surface area (Å²) in [7, 11) is 0. The van der Waals surface area contributed by atoms with Gasteiger partial charge in [0, 0.05) is 6.07 Å². The molecule has 1 unspecified atom stereocenters. The van der Waals surface area contributed by atoms with Crippen LogP contribution >= 0.6 is 0 Å². The van der Waals surface area contributed by atoms with Gasteiger partial charge in [-0.15, -0.1) is 0 Å². The zero-order chi connectivity index (χ0) is 15.8. The molecule has 22 heavy (non-hydrogen) atoms. The number of hydrogen-bond acceptors (Lipinski definition) is 3. The van der Waals surface area contributed by atoms with E-state index in [2.05, 4.69) is 6.92 Å². The number of ether oxygens (including phenoxy) is 1. The Bertz CT molecular complexity index is 492. The standard InChI is InChI=1S/C16H24N2O3.HI/c1-4-6-14(12(2)3)16(20)21-10-9-18-8-5-7-13(11-18)15(17)19;/h5,7-8,11-12,14H,4,6,9-10H2,1-3H3,(H-,17,19);1H. The summed E-state index contributed by atoms with van der Waals surface area (Å²) in [5.74, 6) is -0.372. The number of esters is 1. The maximum absolute atomic E-state index is 12.0. The molecule has 5 nitrogen and oxygen atoms in total. The summed E-state index contributed by atoms with van der Waals surface area (Å²) in [5.41, 5.74) is 5.67. The fraction of sp³-hybridized carbons (Fsp3) is 0.562. The second-order valence-electron chi connectivity index (χ2n) is 5.50. The molecule has 6 heteroatoms. The topological polar surface area (TPSA) is 73.3 Å². The summed E-state index contributed by atoms with van der Waals surface area (Å²) in [6, 6.07) is 3.40. The van der Waals surface area contributed by atoms with Crippen LogP contribution in [0.25, 0.3) is 0 Å². The van der Waals surface area contributed by atoms with E-state index in [9.17, 15) is 9.59 Å². The van der Waals surface area contributed by atoms with Gasteiger partial charge in [0.15, 0.2) is 25.5 Å². The Morgan fingerprint density at radius 2 is 2.05 bits per heavy atom. The molecule has 0 aliphatic carbocycles. The Morgan fingerprint density at radius 3 is 2.59 bits per heavy atom. The molecule has 1 amide bonds. The van der Waals surface area contributed by atoms with Gasteiger partial charge in [0.25, 0.3) is 5.91 Å². The van der Waals surface area contributed by atoms with Gasteiger partial charge in [-0.3, -0.25) is 9.59 Å². The van der Waals surface area contributed by atoms with E-state index in [1.54, 1.807) is 22.9 Å². The fourth-order valence-corrected chi connectivity index (χ4v) is 2.20. The summed E-state index contributed by atoms with van der Waals surface area (Å²) in [5, 5.41) is 0. The summed E-state index contributed by atoms with van der Waals surface area (Å²) in [6.07, 6.45) is 5.28. The number of carbonyl (C=O) groups is 2. The van der Waals surface area contributed by atoms with Gasteiger partial charge < -0.3 is 34.4 Å². The number of amides is 1. The average molecular weight is 420 g/mol. The number of hydrogen-bond donors (Lipinski definition) is 1. The molecule has 0 saturated carbocycles. The van der Waals surface area contributed by atoms with Crippen LogP contribution in [0.1, 0.15) is 44.0 Å². The van der Waals surface area contributed by atoms with E-state index in [0.29, 0.717) is 18.7 Å². The van der Waals surface area contributed by atoms with E-state index in [1.165, 1.54) is 0 Å². The van der Waals surface area contributed by atoms with E-state index in [1.807, 2.05) is 20.0 Å². The lowest BCUT2D eigenvalue weighted by molar-refractivity contribution is -0.698. The first-order valence-electron chi connectivity index (χ1n) is 7.41. The zero-order valence-corrected chi connectivity index (χ0v) is 15.6. The third-order valence-corrected chi connectivity index (χ3v) is 3.44. The number of pyridine rings is 1. The zero-order valence-electron chi connectivity index (χ0n) is 13.4. The first kappa shape index (κ1) is 20.8. The predicted octanol–water partition coefficient (Wildman–Crippen LogP) is -1.31. The van der Waals surface area contributed by atoms with Crippen LogP contribution in [0.15, 0.2) is 24.5 Å². The van der Waals surface area contributed by atoms with Gasteiger partial charge in [-0.05, 0) is 18.4 Å². The van der Waals surface area contributed by atoms with Crippen molar-refractivity contribution in [1.29, 1.82) is 0 Å². The second kappa shape index (κ2) is 10.5. The van der Waals surface area contributed by atoms with Crippen molar-refractivity contribution in [2.45, 2.75) is 40.2 Å².